The first-order valence-corrected chi connectivity index (χ1v) is 10.1. The Hall–Kier alpha value is -2.26. The van der Waals surface area contributed by atoms with Gasteiger partial charge in [0.25, 0.3) is 0 Å². The minimum Gasteiger partial charge on any atom is -0.0917 e. The molecule has 1 aliphatic rings. The molecule has 0 amide bonds. The average molecular weight is 343 g/mol. The summed E-state index contributed by atoms with van der Waals surface area (Å²) in [6.45, 7) is 4.45. The lowest BCUT2D eigenvalue weighted by atomic mass is 9.79. The van der Waals surface area contributed by atoms with Crippen molar-refractivity contribution in [2.45, 2.75) is 58.3 Å². The van der Waals surface area contributed by atoms with Gasteiger partial charge in [0.15, 0.2) is 0 Å². The first-order valence-electron chi connectivity index (χ1n) is 10.1. The summed E-state index contributed by atoms with van der Waals surface area (Å²) in [4.78, 5) is 0. The third-order valence-corrected chi connectivity index (χ3v) is 5.54. The third-order valence-electron chi connectivity index (χ3n) is 5.54. The fourth-order valence-electron chi connectivity index (χ4n) is 3.75. The lowest BCUT2D eigenvalue weighted by Gasteiger charge is -2.26. The van der Waals surface area contributed by atoms with E-state index in [0.717, 1.165) is 35.8 Å². The monoisotopic (exact) mass is 342 g/mol. The maximum atomic E-state index is 3.31. The maximum absolute atomic E-state index is 3.31. The van der Waals surface area contributed by atoms with Crippen molar-refractivity contribution < 1.29 is 0 Å². The van der Waals surface area contributed by atoms with Gasteiger partial charge in [-0.25, -0.2) is 0 Å². The van der Waals surface area contributed by atoms with Crippen molar-refractivity contribution in [3.05, 3.63) is 82.9 Å². The number of benzene rings is 2. The van der Waals surface area contributed by atoms with Crippen molar-refractivity contribution in [3.63, 3.8) is 0 Å². The normalized spacial score (nSPS) is 19.9. The molecule has 134 valence electrons. The summed E-state index contributed by atoms with van der Waals surface area (Å²) in [5.74, 6) is 8.27. The van der Waals surface area contributed by atoms with E-state index in [1.54, 1.807) is 0 Å². The fraction of sp³-hybridized carbons (Fsp3) is 0.385. The van der Waals surface area contributed by atoms with Gasteiger partial charge in [-0.15, -0.1) is 0 Å². The van der Waals surface area contributed by atoms with E-state index < -0.39 is 0 Å². The molecular formula is C26H30. The van der Waals surface area contributed by atoms with E-state index in [0.29, 0.717) is 0 Å². The molecule has 1 fully saturated rings. The van der Waals surface area contributed by atoms with Gasteiger partial charge >= 0.3 is 0 Å². The van der Waals surface area contributed by atoms with Gasteiger partial charge in [0.2, 0.25) is 0 Å². The van der Waals surface area contributed by atoms with E-state index in [9.17, 15) is 0 Å². The van der Waals surface area contributed by atoms with Gasteiger partial charge < -0.3 is 0 Å². The average Bonchev–Trinajstić information content (AvgIpc) is 2.69. The Morgan fingerprint density at radius 1 is 0.846 bits per heavy atom. The van der Waals surface area contributed by atoms with Crippen LogP contribution in [0.15, 0.2) is 60.7 Å². The van der Waals surface area contributed by atoms with Crippen LogP contribution in [0.5, 0.6) is 0 Å². The van der Waals surface area contributed by atoms with Gasteiger partial charge in [0, 0.05) is 11.1 Å². The molecule has 26 heavy (non-hydrogen) atoms. The molecule has 0 N–H and O–H groups in total. The van der Waals surface area contributed by atoms with Gasteiger partial charge in [0.1, 0.15) is 0 Å². The molecule has 0 nitrogen and oxygen atoms in total. The van der Waals surface area contributed by atoms with Gasteiger partial charge in [-0.2, -0.15) is 0 Å². The molecule has 0 heteroatoms. The number of aryl methyl sites for hydroxylation is 1. The minimum absolute atomic E-state index is 0.753. The molecule has 1 saturated carbocycles. The van der Waals surface area contributed by atoms with Crippen molar-refractivity contribution in [2.24, 2.45) is 5.92 Å². The summed E-state index contributed by atoms with van der Waals surface area (Å²) in [7, 11) is 0. The summed E-state index contributed by atoms with van der Waals surface area (Å²) >= 11 is 0. The summed E-state index contributed by atoms with van der Waals surface area (Å²) < 4.78 is 0. The van der Waals surface area contributed by atoms with Crippen molar-refractivity contribution in [1.29, 1.82) is 0 Å². The van der Waals surface area contributed by atoms with E-state index in [1.807, 2.05) is 0 Å². The second-order valence-corrected chi connectivity index (χ2v) is 7.63. The Labute approximate surface area is 159 Å². The molecule has 3 rings (SSSR count). The zero-order chi connectivity index (χ0) is 18.2. The fourth-order valence-corrected chi connectivity index (χ4v) is 3.75. The molecule has 0 radical (unpaired) electrons. The Kier molecular flexibility index (Phi) is 6.73. The summed E-state index contributed by atoms with van der Waals surface area (Å²) in [5, 5.41) is 0. The van der Waals surface area contributed by atoms with E-state index >= 15 is 0 Å². The molecule has 1 aliphatic carbocycles. The van der Waals surface area contributed by atoms with Crippen LogP contribution >= 0.6 is 0 Å². The topological polar surface area (TPSA) is 0 Å². The highest BCUT2D eigenvalue weighted by atomic mass is 14.2. The van der Waals surface area contributed by atoms with E-state index in [-0.39, 0.29) is 0 Å². The second-order valence-electron chi connectivity index (χ2n) is 7.63. The molecule has 0 saturated heterocycles. The molecule has 0 spiro atoms. The quantitative estimate of drug-likeness (QED) is 0.419. The SMILES string of the molecule is C/C=C/CCc1ccc(C#Cc2ccc(C3CCC(C)CC3)cc2)cc1. The summed E-state index contributed by atoms with van der Waals surface area (Å²) in [6, 6.07) is 17.6. The van der Waals surface area contributed by atoms with Crippen molar-refractivity contribution >= 4 is 0 Å². The standard InChI is InChI=1S/C26H30/c1-3-4-5-6-22-9-11-23(12-10-22)13-14-24-15-19-26(20-16-24)25-17-7-21(2)8-18-25/h3-4,9-12,15-16,19-21,25H,5-8,17-18H2,1-2H3/b4-3+. The molecule has 2 aromatic rings. The van der Waals surface area contributed by atoms with Gasteiger partial charge in [0.05, 0.1) is 0 Å². The van der Waals surface area contributed by atoms with E-state index in [4.69, 9.17) is 0 Å². The number of allylic oxidation sites excluding steroid dienone is 2. The van der Waals surface area contributed by atoms with Crippen molar-refractivity contribution in [3.8, 4) is 11.8 Å². The van der Waals surface area contributed by atoms with Crippen molar-refractivity contribution in [2.75, 3.05) is 0 Å². The molecule has 0 aliphatic heterocycles. The molecule has 0 heterocycles. The predicted molar refractivity (Wildman–Crippen MR) is 112 cm³/mol. The Balaban J connectivity index is 1.59. The van der Waals surface area contributed by atoms with E-state index in [2.05, 4.69) is 86.4 Å². The summed E-state index contributed by atoms with van der Waals surface area (Å²) in [5.41, 5.74) is 5.06. The highest BCUT2D eigenvalue weighted by molar-refractivity contribution is 5.44. The van der Waals surface area contributed by atoms with Crippen LogP contribution in [0.3, 0.4) is 0 Å². The number of hydrogen-bond donors (Lipinski definition) is 0. The lowest BCUT2D eigenvalue weighted by Crippen LogP contribution is -2.10. The zero-order valence-electron chi connectivity index (χ0n) is 16.2. The van der Waals surface area contributed by atoms with Crippen LogP contribution < -0.4 is 0 Å². The van der Waals surface area contributed by atoms with Gasteiger partial charge in [-0.05, 0) is 79.8 Å². The highest BCUT2D eigenvalue weighted by Crippen LogP contribution is 2.35. The van der Waals surface area contributed by atoms with E-state index in [1.165, 1.54) is 36.8 Å². The molecule has 0 bridgehead atoms. The molecule has 2 aromatic carbocycles. The van der Waals surface area contributed by atoms with Gasteiger partial charge in [-0.3, -0.25) is 0 Å². The summed E-state index contributed by atoms with van der Waals surface area (Å²) in [6.07, 6.45) is 11.9. The molecule has 0 atom stereocenters. The van der Waals surface area contributed by atoms with Gasteiger partial charge in [-0.1, -0.05) is 68.0 Å². The zero-order valence-corrected chi connectivity index (χ0v) is 16.2. The smallest absolute Gasteiger partial charge is 0.0249 e. The molecular weight excluding hydrogens is 312 g/mol. The Bertz CT molecular complexity index is 758. The van der Waals surface area contributed by atoms with Crippen LogP contribution in [0.4, 0.5) is 0 Å². The number of hydrogen-bond acceptors (Lipinski definition) is 0. The Morgan fingerprint density at radius 3 is 2.00 bits per heavy atom. The molecule has 0 unspecified atom stereocenters. The minimum atomic E-state index is 0.753. The lowest BCUT2D eigenvalue weighted by molar-refractivity contribution is 0.348. The van der Waals surface area contributed by atoms with Crippen LogP contribution in [-0.4, -0.2) is 0 Å². The van der Waals surface area contributed by atoms with Crippen LogP contribution in [0.25, 0.3) is 0 Å². The first-order chi connectivity index (χ1) is 12.7. The molecule has 0 aromatic heterocycles. The Morgan fingerprint density at radius 2 is 1.42 bits per heavy atom. The largest absolute Gasteiger partial charge is 0.0917 e. The maximum Gasteiger partial charge on any atom is 0.0249 e. The van der Waals surface area contributed by atoms with Crippen LogP contribution in [-0.2, 0) is 6.42 Å². The second kappa shape index (κ2) is 9.44. The highest BCUT2D eigenvalue weighted by Gasteiger charge is 2.19. The predicted octanol–water partition coefficient (Wildman–Crippen LogP) is 6.89. The number of rotatable bonds is 4. The van der Waals surface area contributed by atoms with Crippen LogP contribution in [0.2, 0.25) is 0 Å². The first kappa shape index (κ1) is 18.5. The van der Waals surface area contributed by atoms with Crippen LogP contribution in [0.1, 0.15) is 74.1 Å². The van der Waals surface area contributed by atoms with Crippen molar-refractivity contribution in [1.82, 2.24) is 0 Å². The van der Waals surface area contributed by atoms with Crippen LogP contribution in [0, 0.1) is 17.8 Å². The third kappa shape index (κ3) is 5.37.